The van der Waals surface area contributed by atoms with E-state index in [1.165, 1.54) is 37.6 Å². The van der Waals surface area contributed by atoms with Crippen LogP contribution in [0.3, 0.4) is 0 Å². The van der Waals surface area contributed by atoms with Gasteiger partial charge in [-0.1, -0.05) is 11.6 Å². The fraction of sp³-hybridized carbons (Fsp3) is 0.0625. The Morgan fingerprint density at radius 1 is 1.21 bits per heavy atom. The van der Waals surface area contributed by atoms with Crippen molar-refractivity contribution in [1.82, 2.24) is 4.98 Å². The molecular formula is C16H12ClFN2O3S. The number of ether oxygens (including phenoxy) is 1. The number of sulfonamides is 1. The number of aromatic nitrogens is 1. The molecule has 0 radical (unpaired) electrons. The largest absolute Gasteiger partial charge is 0.495 e. The lowest BCUT2D eigenvalue weighted by atomic mass is 10.2. The van der Waals surface area contributed by atoms with Gasteiger partial charge in [0.15, 0.2) is 0 Å². The summed E-state index contributed by atoms with van der Waals surface area (Å²) in [5, 5.41) is 0.466. The van der Waals surface area contributed by atoms with Crippen LogP contribution in [-0.4, -0.2) is 20.5 Å². The molecule has 0 saturated heterocycles. The molecule has 0 aliphatic rings. The average molecular weight is 367 g/mol. The summed E-state index contributed by atoms with van der Waals surface area (Å²) < 4.78 is 46.6. The van der Waals surface area contributed by atoms with Crippen molar-refractivity contribution in [3.63, 3.8) is 0 Å². The van der Waals surface area contributed by atoms with E-state index in [2.05, 4.69) is 9.71 Å². The van der Waals surface area contributed by atoms with Crippen molar-refractivity contribution in [2.24, 2.45) is 0 Å². The molecule has 0 spiro atoms. The maximum absolute atomic E-state index is 13.8. The zero-order valence-electron chi connectivity index (χ0n) is 12.5. The fourth-order valence-electron chi connectivity index (χ4n) is 2.29. The molecule has 5 nitrogen and oxygen atoms in total. The van der Waals surface area contributed by atoms with Gasteiger partial charge >= 0.3 is 0 Å². The van der Waals surface area contributed by atoms with E-state index in [9.17, 15) is 12.8 Å². The van der Waals surface area contributed by atoms with E-state index in [0.29, 0.717) is 5.75 Å². The van der Waals surface area contributed by atoms with Gasteiger partial charge in [0.05, 0.1) is 22.7 Å². The molecule has 2 aromatic carbocycles. The van der Waals surface area contributed by atoms with Gasteiger partial charge in [-0.15, -0.1) is 0 Å². The van der Waals surface area contributed by atoms with E-state index in [1.54, 1.807) is 12.1 Å². The Morgan fingerprint density at radius 2 is 2.00 bits per heavy atom. The minimum atomic E-state index is -3.95. The Hall–Kier alpha value is -2.38. The second-order valence-electron chi connectivity index (χ2n) is 4.90. The number of halogens is 2. The van der Waals surface area contributed by atoms with Crippen LogP contribution in [0, 0.1) is 5.82 Å². The third kappa shape index (κ3) is 3.00. The van der Waals surface area contributed by atoms with E-state index in [0.717, 1.165) is 6.07 Å². The molecule has 0 unspecified atom stereocenters. The lowest BCUT2D eigenvalue weighted by molar-refractivity contribution is 0.415. The number of anilines is 1. The van der Waals surface area contributed by atoms with E-state index in [4.69, 9.17) is 16.3 Å². The van der Waals surface area contributed by atoms with Gasteiger partial charge in [0, 0.05) is 11.6 Å². The summed E-state index contributed by atoms with van der Waals surface area (Å²) in [7, 11) is -2.49. The van der Waals surface area contributed by atoms with Crippen molar-refractivity contribution in [1.29, 1.82) is 0 Å². The summed E-state index contributed by atoms with van der Waals surface area (Å²) in [5.74, 6) is -0.159. The van der Waals surface area contributed by atoms with Gasteiger partial charge in [0.1, 0.15) is 17.1 Å². The first-order valence-electron chi connectivity index (χ1n) is 6.82. The van der Waals surface area contributed by atoms with Gasteiger partial charge in [-0.25, -0.2) is 12.8 Å². The molecule has 0 fully saturated rings. The molecule has 1 N–H and O–H groups in total. The maximum atomic E-state index is 13.8. The lowest BCUT2D eigenvalue weighted by Crippen LogP contribution is -2.13. The topological polar surface area (TPSA) is 68.3 Å². The highest BCUT2D eigenvalue weighted by Crippen LogP contribution is 2.30. The number of methoxy groups -OCH3 is 1. The quantitative estimate of drug-likeness (QED) is 0.761. The Kier molecular flexibility index (Phi) is 4.29. The van der Waals surface area contributed by atoms with Crippen LogP contribution in [0.15, 0.2) is 53.6 Å². The fourth-order valence-corrected chi connectivity index (χ4v) is 3.79. The maximum Gasteiger partial charge on any atom is 0.262 e. The number of fused-ring (bicyclic) bond motifs is 1. The zero-order valence-corrected chi connectivity index (χ0v) is 14.0. The summed E-state index contributed by atoms with van der Waals surface area (Å²) in [6.07, 6.45) is 1.40. The molecule has 0 bridgehead atoms. The highest BCUT2D eigenvalue weighted by Gasteiger charge is 2.20. The Bertz CT molecular complexity index is 1030. The summed E-state index contributed by atoms with van der Waals surface area (Å²) >= 11 is 6.00. The lowest BCUT2D eigenvalue weighted by Gasteiger charge is -2.12. The second kappa shape index (κ2) is 6.26. The molecule has 1 aromatic heterocycles. The van der Waals surface area contributed by atoms with Crippen molar-refractivity contribution in [2.75, 3.05) is 11.8 Å². The van der Waals surface area contributed by atoms with Gasteiger partial charge in [-0.2, -0.15) is 0 Å². The number of nitrogens with zero attached hydrogens (tertiary/aromatic N) is 1. The molecule has 1 heterocycles. The summed E-state index contributed by atoms with van der Waals surface area (Å²) in [4.78, 5) is 3.82. The molecule has 0 atom stereocenters. The van der Waals surface area contributed by atoms with Crippen LogP contribution >= 0.6 is 11.6 Å². The summed E-state index contributed by atoms with van der Waals surface area (Å²) in [5.41, 5.74) is 0.260. The van der Waals surface area contributed by atoms with Gasteiger partial charge in [-0.3, -0.25) is 9.71 Å². The third-order valence-corrected chi connectivity index (χ3v) is 5.11. The molecule has 24 heavy (non-hydrogen) atoms. The predicted octanol–water partition coefficient (Wildman–Crippen LogP) is 3.84. The normalized spacial score (nSPS) is 11.5. The van der Waals surface area contributed by atoms with Crippen molar-refractivity contribution in [3.8, 4) is 5.75 Å². The van der Waals surface area contributed by atoms with E-state index < -0.39 is 15.8 Å². The highest BCUT2D eigenvalue weighted by molar-refractivity contribution is 7.93. The zero-order chi connectivity index (χ0) is 17.3. The van der Waals surface area contributed by atoms with Crippen molar-refractivity contribution in [2.45, 2.75) is 4.90 Å². The molecule has 3 rings (SSSR count). The van der Waals surface area contributed by atoms with Crippen molar-refractivity contribution in [3.05, 3.63) is 59.5 Å². The second-order valence-corrected chi connectivity index (χ2v) is 6.96. The van der Waals surface area contributed by atoms with Crippen LogP contribution < -0.4 is 9.46 Å². The van der Waals surface area contributed by atoms with Crippen LogP contribution in [0.5, 0.6) is 5.75 Å². The van der Waals surface area contributed by atoms with Gasteiger partial charge in [0.25, 0.3) is 10.0 Å². The number of nitrogens with one attached hydrogen (secondary N) is 1. The van der Waals surface area contributed by atoms with Crippen molar-refractivity contribution < 1.29 is 17.5 Å². The first-order valence-corrected chi connectivity index (χ1v) is 8.68. The Balaban J connectivity index is 2.06. The third-order valence-electron chi connectivity index (χ3n) is 3.37. The smallest absolute Gasteiger partial charge is 0.262 e. The molecule has 0 aliphatic carbocycles. The molecule has 8 heteroatoms. The van der Waals surface area contributed by atoms with Gasteiger partial charge in [-0.05, 0) is 42.5 Å². The van der Waals surface area contributed by atoms with Crippen LogP contribution in [-0.2, 0) is 10.0 Å². The Morgan fingerprint density at radius 3 is 2.71 bits per heavy atom. The van der Waals surface area contributed by atoms with Crippen LogP contribution in [0.25, 0.3) is 10.9 Å². The number of hydrogen-bond donors (Lipinski definition) is 1. The number of pyridine rings is 1. The van der Waals surface area contributed by atoms with Crippen LogP contribution in [0.2, 0.25) is 5.02 Å². The molecule has 0 amide bonds. The molecular weight excluding hydrogens is 355 g/mol. The predicted molar refractivity (Wildman–Crippen MR) is 90.5 cm³/mol. The van der Waals surface area contributed by atoms with Crippen LogP contribution in [0.4, 0.5) is 10.1 Å². The van der Waals surface area contributed by atoms with Crippen molar-refractivity contribution >= 4 is 38.2 Å². The minimum absolute atomic E-state index is 0.00635. The average Bonchev–Trinajstić information content (AvgIpc) is 2.55. The van der Waals surface area contributed by atoms with Crippen LogP contribution in [0.1, 0.15) is 0 Å². The molecule has 0 aliphatic heterocycles. The van der Waals surface area contributed by atoms with Gasteiger partial charge in [0.2, 0.25) is 0 Å². The van der Waals surface area contributed by atoms with Gasteiger partial charge < -0.3 is 4.74 Å². The first kappa shape index (κ1) is 16.5. The highest BCUT2D eigenvalue weighted by atomic mass is 35.5. The molecule has 0 saturated carbocycles. The van der Waals surface area contributed by atoms with E-state index in [-0.39, 0.29) is 26.5 Å². The minimum Gasteiger partial charge on any atom is -0.495 e. The Labute approximate surface area is 143 Å². The van der Waals surface area contributed by atoms with E-state index >= 15 is 0 Å². The summed E-state index contributed by atoms with van der Waals surface area (Å²) in [6, 6.07) is 9.82. The van der Waals surface area contributed by atoms with E-state index in [1.807, 2.05) is 0 Å². The molecule has 124 valence electrons. The number of hydrogen-bond acceptors (Lipinski definition) is 4. The standard InChI is InChI=1S/C16H12ClFN2O3S/c1-23-14-6-4-10(9-12(14)17)20-24(21,22)15-7-5-13(18)16-11(15)3-2-8-19-16/h2-9,20H,1H3. The number of benzene rings is 2. The number of rotatable bonds is 4. The monoisotopic (exact) mass is 366 g/mol. The summed E-state index contributed by atoms with van der Waals surface area (Å²) in [6.45, 7) is 0. The SMILES string of the molecule is COc1ccc(NS(=O)(=O)c2ccc(F)c3ncccc23)cc1Cl. The molecule has 3 aromatic rings. The first-order chi connectivity index (χ1) is 11.4.